The fraction of sp³-hybridized carbons (Fsp3) is 0.500. The lowest BCUT2D eigenvalue weighted by Gasteiger charge is -1.76. The molecule has 0 saturated heterocycles. The minimum atomic E-state index is -0.997. The number of nitrogens with one attached hydrogen (secondary N) is 1. The van der Waals surface area contributed by atoms with Gasteiger partial charge in [-0.15, -0.1) is 0 Å². The predicted molar refractivity (Wildman–Crippen MR) is 24.6 cm³/mol. The van der Waals surface area contributed by atoms with Crippen molar-refractivity contribution in [2.75, 3.05) is 6.54 Å². The summed E-state index contributed by atoms with van der Waals surface area (Å²) in [6.07, 6.45) is 0. The predicted octanol–water partition coefficient (Wildman–Crippen LogP) is -0.400. The van der Waals surface area contributed by atoms with Gasteiger partial charge in [-0.05, 0) is 0 Å². The summed E-state index contributed by atoms with van der Waals surface area (Å²) in [5.74, 6) is -0.997. The molecule has 7 heavy (non-hydrogen) atoms. The summed E-state index contributed by atoms with van der Waals surface area (Å²) in [7, 11) is -0.730. The van der Waals surface area contributed by atoms with Crippen molar-refractivity contribution in [2.24, 2.45) is 0 Å². The molecule has 4 nitrogen and oxygen atoms in total. The molecule has 0 heterocycles. The molecule has 0 aromatic heterocycles. The molecule has 1 unspecified atom stereocenters. The van der Waals surface area contributed by atoms with E-state index < -0.39 is 14.6 Å². The van der Waals surface area contributed by atoms with Crippen LogP contribution < -0.4 is 5.09 Å². The number of carboxylic acids is 1. The normalized spacial score (nSPS) is 9.14. The lowest BCUT2D eigenvalue weighted by Crippen LogP contribution is -2.12. The number of rotatable bonds is 3. The van der Waals surface area contributed by atoms with Gasteiger partial charge in [-0.25, -0.2) is 0 Å². The molecule has 0 amide bonds. The second-order valence-corrected chi connectivity index (χ2v) is 1.41. The number of hydrogen-bond donors (Lipinski definition) is 2. The Morgan fingerprint density at radius 1 is 1.86 bits per heavy atom. The van der Waals surface area contributed by atoms with Gasteiger partial charge in [0.2, 0.25) is 0 Å². The standard InChI is InChI=1S/C2H4NO3P/c4-2(5)1-3-7-6/h1H2,(H,3,6)(H,4,5)/p+1. The largest absolute Gasteiger partial charge is 0.480 e. The second-order valence-electron chi connectivity index (χ2n) is 0.849. The van der Waals surface area contributed by atoms with Crippen LogP contribution in [0.15, 0.2) is 0 Å². The topological polar surface area (TPSA) is 66.4 Å². The molecular formula is C2H5NO3P+. The SMILES string of the molecule is O=[PH+]NCC(=O)O. The van der Waals surface area contributed by atoms with Crippen molar-refractivity contribution >= 4 is 14.6 Å². The molecule has 0 rings (SSSR count). The quantitative estimate of drug-likeness (QED) is 0.500. The third kappa shape index (κ3) is 5.53. The lowest BCUT2D eigenvalue weighted by atomic mass is 10.7. The van der Waals surface area contributed by atoms with Crippen molar-refractivity contribution in [3.05, 3.63) is 0 Å². The van der Waals surface area contributed by atoms with Crippen LogP contribution in [0.2, 0.25) is 0 Å². The van der Waals surface area contributed by atoms with Crippen LogP contribution in [-0.4, -0.2) is 17.6 Å². The molecular weight excluding hydrogens is 117 g/mol. The summed E-state index contributed by atoms with van der Waals surface area (Å²) in [6, 6.07) is 0. The van der Waals surface area contributed by atoms with Gasteiger partial charge in [0, 0.05) is 0 Å². The molecule has 0 spiro atoms. The van der Waals surface area contributed by atoms with Crippen molar-refractivity contribution in [2.45, 2.75) is 0 Å². The van der Waals surface area contributed by atoms with Gasteiger partial charge in [0.15, 0.2) is 0 Å². The Morgan fingerprint density at radius 3 is 2.57 bits per heavy atom. The van der Waals surface area contributed by atoms with E-state index in [0.717, 1.165) is 0 Å². The van der Waals surface area contributed by atoms with Crippen LogP contribution in [0.1, 0.15) is 0 Å². The van der Waals surface area contributed by atoms with E-state index in [9.17, 15) is 9.36 Å². The van der Waals surface area contributed by atoms with E-state index in [2.05, 4.69) is 5.09 Å². The molecule has 5 heteroatoms. The van der Waals surface area contributed by atoms with Crippen molar-refractivity contribution in [1.29, 1.82) is 0 Å². The highest BCUT2D eigenvalue weighted by Gasteiger charge is 1.95. The second kappa shape index (κ2) is 3.71. The van der Waals surface area contributed by atoms with Crippen LogP contribution in [-0.2, 0) is 9.36 Å². The van der Waals surface area contributed by atoms with Gasteiger partial charge in [0.05, 0.1) is 0 Å². The van der Waals surface area contributed by atoms with Crippen molar-refractivity contribution in [3.63, 3.8) is 0 Å². The van der Waals surface area contributed by atoms with E-state index in [1.807, 2.05) is 0 Å². The maximum atomic E-state index is 9.56. The number of carboxylic acid groups (broad SMARTS) is 1. The average Bonchev–Trinajstić information content (AvgIpc) is 1.61. The zero-order valence-electron chi connectivity index (χ0n) is 3.47. The summed E-state index contributed by atoms with van der Waals surface area (Å²) < 4.78 is 9.49. The maximum absolute atomic E-state index is 9.56. The monoisotopic (exact) mass is 122 g/mol. The summed E-state index contributed by atoms with van der Waals surface area (Å²) in [6.45, 7) is -0.234. The molecule has 0 aromatic carbocycles. The lowest BCUT2D eigenvalue weighted by molar-refractivity contribution is -0.135. The zero-order valence-corrected chi connectivity index (χ0v) is 4.47. The Kier molecular flexibility index (Phi) is 3.46. The van der Waals surface area contributed by atoms with Crippen molar-refractivity contribution in [1.82, 2.24) is 5.09 Å². The third-order valence-electron chi connectivity index (χ3n) is 0.312. The summed E-state index contributed by atoms with van der Waals surface area (Å²) in [4.78, 5) is 9.56. The van der Waals surface area contributed by atoms with Gasteiger partial charge in [-0.3, -0.25) is 4.79 Å². The van der Waals surface area contributed by atoms with E-state index in [1.54, 1.807) is 0 Å². The van der Waals surface area contributed by atoms with Gasteiger partial charge in [-0.1, -0.05) is 9.65 Å². The minimum Gasteiger partial charge on any atom is -0.480 e. The van der Waals surface area contributed by atoms with Crippen LogP contribution >= 0.6 is 8.61 Å². The first-order valence-corrected chi connectivity index (χ1v) is 2.50. The molecule has 0 saturated carbocycles. The van der Waals surface area contributed by atoms with E-state index in [-0.39, 0.29) is 6.54 Å². The molecule has 0 bridgehead atoms. The first kappa shape index (κ1) is 6.53. The Morgan fingerprint density at radius 2 is 2.43 bits per heavy atom. The molecule has 0 fully saturated rings. The Hall–Kier alpha value is -0.470. The molecule has 0 aromatic rings. The van der Waals surface area contributed by atoms with E-state index in [1.165, 1.54) is 0 Å². The molecule has 0 aliphatic rings. The third-order valence-corrected chi connectivity index (χ3v) is 0.633. The Bertz CT molecular complexity index is 83.0. The van der Waals surface area contributed by atoms with Crippen LogP contribution in [0, 0.1) is 0 Å². The van der Waals surface area contributed by atoms with Crippen LogP contribution in [0.25, 0.3) is 0 Å². The highest BCUT2D eigenvalue weighted by molar-refractivity contribution is 7.21. The van der Waals surface area contributed by atoms with Gasteiger partial charge in [0.25, 0.3) is 0 Å². The Labute approximate surface area is 41.8 Å². The maximum Gasteiger partial charge on any atom is 0.418 e. The van der Waals surface area contributed by atoms with E-state index >= 15 is 0 Å². The smallest absolute Gasteiger partial charge is 0.418 e. The van der Waals surface area contributed by atoms with Crippen LogP contribution in [0.3, 0.4) is 0 Å². The summed E-state index contributed by atoms with van der Waals surface area (Å²) >= 11 is 0. The fourth-order valence-corrected chi connectivity index (χ4v) is 0.335. The highest BCUT2D eigenvalue weighted by atomic mass is 31.1. The fourth-order valence-electron chi connectivity index (χ4n) is 0.112. The van der Waals surface area contributed by atoms with Crippen LogP contribution in [0.5, 0.6) is 0 Å². The summed E-state index contributed by atoms with van der Waals surface area (Å²) in [5.41, 5.74) is 0. The Balaban J connectivity index is 2.97. The minimum absolute atomic E-state index is 0.234. The average molecular weight is 122 g/mol. The highest BCUT2D eigenvalue weighted by Crippen LogP contribution is 1.75. The molecule has 0 aliphatic heterocycles. The molecule has 0 radical (unpaired) electrons. The van der Waals surface area contributed by atoms with Gasteiger partial charge < -0.3 is 5.11 Å². The first-order chi connectivity index (χ1) is 3.27. The van der Waals surface area contributed by atoms with Crippen molar-refractivity contribution < 1.29 is 14.5 Å². The number of hydrogen-bond acceptors (Lipinski definition) is 2. The zero-order chi connectivity index (χ0) is 5.70. The molecule has 0 aliphatic carbocycles. The number of aliphatic carboxylic acids is 1. The number of carbonyl (C=O) groups is 1. The van der Waals surface area contributed by atoms with Gasteiger partial charge >= 0.3 is 14.6 Å². The molecule has 2 N–H and O–H groups in total. The van der Waals surface area contributed by atoms with E-state index in [4.69, 9.17) is 5.11 Å². The molecule has 40 valence electrons. The summed E-state index contributed by atoms with van der Waals surface area (Å²) in [5, 5.41) is 9.97. The first-order valence-electron chi connectivity index (χ1n) is 1.59. The van der Waals surface area contributed by atoms with Crippen LogP contribution in [0.4, 0.5) is 0 Å². The molecule has 1 atom stereocenters. The van der Waals surface area contributed by atoms with Crippen molar-refractivity contribution in [3.8, 4) is 0 Å². The van der Waals surface area contributed by atoms with Gasteiger partial charge in [0.1, 0.15) is 6.54 Å². The van der Waals surface area contributed by atoms with Gasteiger partial charge in [-0.2, -0.15) is 0 Å². The van der Waals surface area contributed by atoms with E-state index in [0.29, 0.717) is 0 Å².